The molecule has 1 aromatic carbocycles. The van der Waals surface area contributed by atoms with Gasteiger partial charge in [-0.2, -0.15) is 5.26 Å². The molecule has 8 heteroatoms. The summed E-state index contributed by atoms with van der Waals surface area (Å²) in [7, 11) is 0. The molecule has 0 aliphatic rings. The molecule has 1 aromatic heterocycles. The third kappa shape index (κ3) is 4.20. The Morgan fingerprint density at radius 3 is 2.81 bits per heavy atom. The maximum Gasteiger partial charge on any atom is 0.270 e. The van der Waals surface area contributed by atoms with Crippen LogP contribution in [0.2, 0.25) is 0 Å². The van der Waals surface area contributed by atoms with Crippen molar-refractivity contribution in [2.75, 3.05) is 11.9 Å². The fourth-order valence-electron chi connectivity index (χ4n) is 2.35. The minimum absolute atomic E-state index is 0.0715. The van der Waals surface area contributed by atoms with Crippen molar-refractivity contribution in [2.45, 2.75) is 27.0 Å². The van der Waals surface area contributed by atoms with E-state index in [-0.39, 0.29) is 17.7 Å². The van der Waals surface area contributed by atoms with E-state index in [0.717, 1.165) is 22.6 Å². The van der Waals surface area contributed by atoms with Crippen molar-refractivity contribution in [1.82, 2.24) is 9.88 Å². The molecule has 0 aliphatic heterocycles. The van der Waals surface area contributed by atoms with Crippen LogP contribution in [-0.2, 0) is 17.9 Å². The van der Waals surface area contributed by atoms with E-state index in [0.29, 0.717) is 22.3 Å². The Balaban J connectivity index is 2.55. The Morgan fingerprint density at radius 2 is 2.19 bits per heavy atom. The number of hydrogen-bond donors (Lipinski definition) is 3. The number of carbonyl (C=O) groups is 1. The van der Waals surface area contributed by atoms with E-state index in [2.05, 4.69) is 10.6 Å². The van der Waals surface area contributed by atoms with Crippen LogP contribution in [0.25, 0.3) is 11.8 Å². The Hall–Kier alpha value is -2.89. The average Bonchev–Trinajstić information content (AvgIpc) is 2.96. The van der Waals surface area contributed by atoms with Crippen molar-refractivity contribution in [3.8, 4) is 6.07 Å². The van der Waals surface area contributed by atoms with E-state index in [4.69, 9.17) is 0 Å². The van der Waals surface area contributed by atoms with Crippen molar-refractivity contribution in [3.05, 3.63) is 49.4 Å². The van der Waals surface area contributed by atoms with Gasteiger partial charge in [0.15, 0.2) is 5.57 Å². The van der Waals surface area contributed by atoms with E-state index < -0.39 is 5.91 Å². The summed E-state index contributed by atoms with van der Waals surface area (Å²) < 4.78 is 2.13. The van der Waals surface area contributed by atoms with Gasteiger partial charge in [0, 0.05) is 25.0 Å². The van der Waals surface area contributed by atoms with E-state index in [9.17, 15) is 20.0 Å². The van der Waals surface area contributed by atoms with Gasteiger partial charge in [0.05, 0.1) is 6.61 Å². The van der Waals surface area contributed by atoms with Gasteiger partial charge in [-0.1, -0.05) is 12.1 Å². The van der Waals surface area contributed by atoms with Crippen molar-refractivity contribution in [1.29, 1.82) is 5.26 Å². The highest BCUT2D eigenvalue weighted by atomic mass is 32.1. The minimum Gasteiger partial charge on any atom is -0.392 e. The van der Waals surface area contributed by atoms with Gasteiger partial charge in [-0.05, 0) is 31.5 Å². The van der Waals surface area contributed by atoms with Crippen LogP contribution in [-0.4, -0.2) is 22.1 Å². The van der Waals surface area contributed by atoms with E-state index in [1.807, 2.05) is 12.1 Å². The molecule has 1 heterocycles. The number of nitriles is 1. The summed E-state index contributed by atoms with van der Waals surface area (Å²) in [5.41, 5.74) is 1.13. The number of nitrogens with zero attached hydrogens (tertiary/aromatic N) is 2. The van der Waals surface area contributed by atoms with Crippen LogP contribution in [0.15, 0.2) is 29.1 Å². The SMILES string of the molecule is CCNC(=O)C(C#N)=c1sc(=CNc2cccc(CO)c2)c(=O)n1CC. The molecule has 7 nitrogen and oxygen atoms in total. The maximum absolute atomic E-state index is 12.6. The number of thiazole rings is 1. The van der Waals surface area contributed by atoms with Crippen LogP contribution in [0, 0.1) is 11.3 Å². The normalized spacial score (nSPS) is 12.5. The molecule has 0 atom stereocenters. The lowest BCUT2D eigenvalue weighted by Gasteiger charge is -2.01. The summed E-state index contributed by atoms with van der Waals surface area (Å²) in [6.45, 7) is 4.22. The van der Waals surface area contributed by atoms with Crippen molar-refractivity contribution in [2.24, 2.45) is 0 Å². The fraction of sp³-hybridized carbons (Fsp3) is 0.278. The Labute approximate surface area is 154 Å². The van der Waals surface area contributed by atoms with E-state index in [1.54, 1.807) is 38.2 Å². The summed E-state index contributed by atoms with van der Waals surface area (Å²) >= 11 is 1.09. The monoisotopic (exact) mass is 372 g/mol. The molecule has 0 spiro atoms. The molecule has 0 saturated heterocycles. The lowest BCUT2D eigenvalue weighted by Crippen LogP contribution is -2.34. The number of aliphatic hydroxyl groups is 1. The molecule has 0 fully saturated rings. The number of benzene rings is 1. The Kier molecular flexibility index (Phi) is 6.72. The van der Waals surface area contributed by atoms with Crippen LogP contribution >= 0.6 is 11.3 Å². The zero-order valence-corrected chi connectivity index (χ0v) is 15.4. The van der Waals surface area contributed by atoms with Gasteiger partial charge in [0.1, 0.15) is 15.3 Å². The summed E-state index contributed by atoms with van der Waals surface area (Å²) in [6.07, 6.45) is 1.55. The lowest BCUT2D eigenvalue weighted by molar-refractivity contribution is -0.115. The van der Waals surface area contributed by atoms with Crippen LogP contribution in [0.3, 0.4) is 0 Å². The highest BCUT2D eigenvalue weighted by molar-refractivity contribution is 7.07. The quantitative estimate of drug-likeness (QED) is 0.666. The first-order valence-corrected chi connectivity index (χ1v) is 8.96. The van der Waals surface area contributed by atoms with Gasteiger partial charge in [-0.15, -0.1) is 11.3 Å². The molecular formula is C18H20N4O3S. The molecule has 1 amide bonds. The number of hydrogen-bond acceptors (Lipinski definition) is 6. The smallest absolute Gasteiger partial charge is 0.270 e. The summed E-state index contributed by atoms with van der Waals surface area (Å²) in [5.74, 6) is -0.492. The molecule has 0 bridgehead atoms. The summed E-state index contributed by atoms with van der Waals surface area (Å²) in [6, 6.07) is 9.06. The van der Waals surface area contributed by atoms with Gasteiger partial charge in [0.25, 0.3) is 11.5 Å². The molecule has 2 rings (SSSR count). The maximum atomic E-state index is 12.6. The van der Waals surface area contributed by atoms with Crippen LogP contribution in [0.5, 0.6) is 0 Å². The van der Waals surface area contributed by atoms with Crippen LogP contribution in [0.1, 0.15) is 19.4 Å². The zero-order chi connectivity index (χ0) is 19.1. The number of anilines is 1. The third-order valence-corrected chi connectivity index (χ3v) is 4.72. The number of amides is 1. The fourth-order valence-corrected chi connectivity index (χ4v) is 3.43. The van der Waals surface area contributed by atoms with Crippen molar-refractivity contribution in [3.63, 3.8) is 0 Å². The highest BCUT2D eigenvalue weighted by Gasteiger charge is 2.14. The Bertz CT molecular complexity index is 1010. The molecule has 0 radical (unpaired) electrons. The molecular weight excluding hydrogens is 352 g/mol. The number of carbonyl (C=O) groups excluding carboxylic acids is 1. The summed E-state index contributed by atoms with van der Waals surface area (Å²) in [4.78, 5) is 24.7. The minimum atomic E-state index is -0.492. The molecule has 0 saturated carbocycles. The second-order valence-electron chi connectivity index (χ2n) is 5.31. The van der Waals surface area contributed by atoms with Gasteiger partial charge < -0.3 is 15.7 Å². The number of aliphatic hydroxyl groups excluding tert-OH is 1. The van der Waals surface area contributed by atoms with Gasteiger partial charge in [0.2, 0.25) is 0 Å². The molecule has 136 valence electrons. The number of aromatic nitrogens is 1. The standard InChI is InChI=1S/C18H20N4O3S/c1-3-20-16(24)14(9-19)18-22(4-2)17(25)15(26-18)10-21-13-7-5-6-12(8-13)11-23/h5-8,10,21,23H,3-4,11H2,1-2H3,(H,20,24). The number of nitrogens with one attached hydrogen (secondary N) is 2. The molecule has 0 unspecified atom stereocenters. The predicted molar refractivity (Wildman–Crippen MR) is 102 cm³/mol. The molecule has 0 aliphatic carbocycles. The second-order valence-corrected chi connectivity index (χ2v) is 6.34. The largest absolute Gasteiger partial charge is 0.392 e. The first kappa shape index (κ1) is 19.4. The van der Waals surface area contributed by atoms with Crippen LogP contribution in [0.4, 0.5) is 5.69 Å². The van der Waals surface area contributed by atoms with E-state index >= 15 is 0 Å². The van der Waals surface area contributed by atoms with Gasteiger partial charge in [-0.3, -0.25) is 14.2 Å². The topological polar surface area (TPSA) is 107 Å². The van der Waals surface area contributed by atoms with Gasteiger partial charge >= 0.3 is 0 Å². The number of rotatable bonds is 6. The second kappa shape index (κ2) is 8.99. The van der Waals surface area contributed by atoms with Crippen LogP contribution < -0.4 is 25.4 Å². The first-order chi connectivity index (χ1) is 12.5. The van der Waals surface area contributed by atoms with Gasteiger partial charge in [-0.25, -0.2) is 0 Å². The van der Waals surface area contributed by atoms with Crippen molar-refractivity contribution >= 4 is 34.7 Å². The first-order valence-electron chi connectivity index (χ1n) is 8.14. The molecule has 26 heavy (non-hydrogen) atoms. The zero-order valence-electron chi connectivity index (χ0n) is 14.6. The third-order valence-electron chi connectivity index (χ3n) is 3.59. The van der Waals surface area contributed by atoms with Crippen molar-refractivity contribution < 1.29 is 9.90 Å². The summed E-state index contributed by atoms with van der Waals surface area (Å²) in [5, 5.41) is 24.2. The predicted octanol–water partition coefficient (Wildman–Crippen LogP) is 0.0825. The molecule has 3 N–H and O–H groups in total. The molecule has 2 aromatic rings. The van der Waals surface area contributed by atoms with E-state index in [1.165, 1.54) is 4.57 Å². The lowest BCUT2D eigenvalue weighted by atomic mass is 10.2. The Morgan fingerprint density at radius 1 is 1.42 bits per heavy atom. The highest BCUT2D eigenvalue weighted by Crippen LogP contribution is 2.10. The average molecular weight is 372 g/mol.